The molecule has 2 aromatic heterocycles. The Morgan fingerprint density at radius 1 is 1.29 bits per heavy atom. The molecule has 8 heteroatoms. The van der Waals surface area contributed by atoms with Gasteiger partial charge >= 0.3 is 0 Å². The number of hydrogen-bond donors (Lipinski definition) is 0. The van der Waals surface area contributed by atoms with Gasteiger partial charge in [0.25, 0.3) is 10.0 Å². The lowest BCUT2D eigenvalue weighted by Gasteiger charge is -2.15. The fourth-order valence-corrected chi connectivity index (χ4v) is 5.35. The van der Waals surface area contributed by atoms with Crippen molar-refractivity contribution in [1.82, 2.24) is 19.3 Å². The van der Waals surface area contributed by atoms with Gasteiger partial charge in [-0.2, -0.15) is 4.31 Å². The van der Waals surface area contributed by atoms with Gasteiger partial charge in [-0.15, -0.1) is 16.4 Å². The molecule has 1 saturated heterocycles. The molecule has 1 aliphatic carbocycles. The lowest BCUT2D eigenvalue weighted by molar-refractivity contribution is 0.429. The van der Waals surface area contributed by atoms with E-state index in [0.29, 0.717) is 23.2 Å². The van der Waals surface area contributed by atoms with Crippen molar-refractivity contribution in [3.63, 3.8) is 0 Å². The van der Waals surface area contributed by atoms with Crippen molar-refractivity contribution in [2.75, 3.05) is 13.1 Å². The van der Waals surface area contributed by atoms with Gasteiger partial charge in [0.05, 0.1) is 11.7 Å². The Morgan fingerprint density at radius 2 is 2.14 bits per heavy atom. The fraction of sp³-hybridized carbons (Fsp3) is 0.538. The van der Waals surface area contributed by atoms with E-state index < -0.39 is 10.0 Å². The van der Waals surface area contributed by atoms with E-state index in [1.807, 2.05) is 10.9 Å². The molecule has 0 bridgehead atoms. The number of hydrogen-bond acceptors (Lipinski definition) is 5. The number of rotatable bonds is 4. The van der Waals surface area contributed by atoms with Crippen LogP contribution >= 0.6 is 11.3 Å². The molecule has 4 rings (SSSR count). The smallest absolute Gasteiger partial charge is 0.248 e. The van der Waals surface area contributed by atoms with Gasteiger partial charge in [-0.3, -0.25) is 0 Å². The van der Waals surface area contributed by atoms with E-state index in [4.69, 9.17) is 0 Å². The molecule has 21 heavy (non-hydrogen) atoms. The molecule has 1 atom stereocenters. The Bertz CT molecular complexity index is 734. The maximum atomic E-state index is 12.5. The summed E-state index contributed by atoms with van der Waals surface area (Å²) in [6.07, 6.45) is 5.17. The Morgan fingerprint density at radius 3 is 2.86 bits per heavy atom. The van der Waals surface area contributed by atoms with Crippen molar-refractivity contribution in [2.24, 2.45) is 0 Å². The third kappa shape index (κ3) is 2.41. The van der Waals surface area contributed by atoms with Crippen LogP contribution in [0.15, 0.2) is 27.9 Å². The maximum Gasteiger partial charge on any atom is 0.252 e. The van der Waals surface area contributed by atoms with Gasteiger partial charge in [-0.25, -0.2) is 13.1 Å². The van der Waals surface area contributed by atoms with Crippen LogP contribution in [0.5, 0.6) is 0 Å². The van der Waals surface area contributed by atoms with Gasteiger partial charge < -0.3 is 0 Å². The van der Waals surface area contributed by atoms with E-state index in [0.717, 1.165) is 12.1 Å². The summed E-state index contributed by atoms with van der Waals surface area (Å²) < 4.78 is 28.8. The van der Waals surface area contributed by atoms with Crippen molar-refractivity contribution >= 4 is 21.4 Å². The maximum absolute atomic E-state index is 12.5. The largest absolute Gasteiger partial charge is 0.252 e. The molecule has 2 fully saturated rings. The average molecular weight is 324 g/mol. The average Bonchev–Trinajstić information content (AvgIpc) is 2.99. The molecule has 0 radical (unpaired) electrons. The van der Waals surface area contributed by atoms with Crippen LogP contribution in [-0.2, 0) is 10.0 Å². The zero-order valence-electron chi connectivity index (χ0n) is 11.4. The third-order valence-corrected chi connectivity index (χ3v) is 7.35. The van der Waals surface area contributed by atoms with E-state index in [-0.39, 0.29) is 6.04 Å². The van der Waals surface area contributed by atoms with Crippen LogP contribution in [0.4, 0.5) is 0 Å². The summed E-state index contributed by atoms with van der Waals surface area (Å²) in [6, 6.07) is 3.53. The highest BCUT2D eigenvalue weighted by Crippen LogP contribution is 2.39. The van der Waals surface area contributed by atoms with Crippen LogP contribution in [0.1, 0.15) is 36.9 Å². The molecule has 112 valence electrons. The van der Waals surface area contributed by atoms with Crippen LogP contribution in [-0.4, -0.2) is 40.8 Å². The first-order chi connectivity index (χ1) is 10.1. The molecule has 2 aromatic rings. The highest BCUT2D eigenvalue weighted by Gasteiger charge is 2.35. The highest BCUT2D eigenvalue weighted by molar-refractivity contribution is 7.91. The Hall–Kier alpha value is -1.25. The van der Waals surface area contributed by atoms with Crippen LogP contribution in [0.25, 0.3) is 0 Å². The van der Waals surface area contributed by atoms with Gasteiger partial charge in [0.15, 0.2) is 0 Å². The second-order valence-electron chi connectivity index (χ2n) is 5.64. The summed E-state index contributed by atoms with van der Waals surface area (Å²) >= 11 is 1.27. The first kappa shape index (κ1) is 13.4. The molecular weight excluding hydrogens is 308 g/mol. The van der Waals surface area contributed by atoms with Crippen molar-refractivity contribution in [1.29, 1.82) is 0 Å². The van der Waals surface area contributed by atoms with Gasteiger partial charge in [-0.1, -0.05) is 11.3 Å². The summed E-state index contributed by atoms with van der Waals surface area (Å²) in [4.78, 5) is 0. The van der Waals surface area contributed by atoms with Crippen molar-refractivity contribution in [3.8, 4) is 0 Å². The standard InChI is InChI=1S/C13H16N4O2S2/c18-21(19,13-2-1-7-20-13)16-6-5-11(8-16)17-9-12(14-15-17)10-3-4-10/h1-2,7,9-11H,3-6,8H2/t11-/m0/s1. The minimum Gasteiger partial charge on any atom is -0.248 e. The predicted molar refractivity (Wildman–Crippen MR) is 78.7 cm³/mol. The van der Waals surface area contributed by atoms with Crippen LogP contribution < -0.4 is 0 Å². The number of sulfonamides is 1. The molecule has 0 N–H and O–H groups in total. The monoisotopic (exact) mass is 324 g/mol. The molecular formula is C13H16N4O2S2. The highest BCUT2D eigenvalue weighted by atomic mass is 32.2. The quantitative estimate of drug-likeness (QED) is 0.861. The van der Waals surface area contributed by atoms with Gasteiger partial charge in [0.2, 0.25) is 0 Å². The number of nitrogens with zero attached hydrogens (tertiary/aromatic N) is 4. The van der Waals surface area contributed by atoms with Crippen LogP contribution in [0, 0.1) is 0 Å². The van der Waals surface area contributed by atoms with E-state index in [2.05, 4.69) is 10.3 Å². The van der Waals surface area contributed by atoms with E-state index in [9.17, 15) is 8.42 Å². The molecule has 0 aromatic carbocycles. The first-order valence-corrected chi connectivity index (χ1v) is 9.42. The normalized spacial score (nSPS) is 23.7. The summed E-state index contributed by atoms with van der Waals surface area (Å²) in [6.45, 7) is 1.03. The summed E-state index contributed by atoms with van der Waals surface area (Å²) in [5.74, 6) is 0.575. The minimum absolute atomic E-state index is 0.0970. The lowest BCUT2D eigenvalue weighted by atomic mass is 10.2. The second kappa shape index (κ2) is 4.89. The van der Waals surface area contributed by atoms with Gasteiger partial charge in [0, 0.05) is 25.2 Å². The van der Waals surface area contributed by atoms with E-state index in [1.165, 1.54) is 24.2 Å². The fourth-order valence-electron chi connectivity index (χ4n) is 2.72. The number of aromatic nitrogens is 3. The second-order valence-corrected chi connectivity index (χ2v) is 8.75. The summed E-state index contributed by atoms with van der Waals surface area (Å²) in [7, 11) is -3.34. The SMILES string of the molecule is O=S(=O)(c1cccs1)N1CC[C@H](n2cc(C3CC3)nn2)C1. The number of thiophene rings is 1. The molecule has 0 amide bonds. The van der Waals surface area contributed by atoms with Crippen LogP contribution in [0.3, 0.4) is 0 Å². The zero-order valence-corrected chi connectivity index (χ0v) is 13.1. The Kier molecular flexibility index (Phi) is 3.13. The van der Waals surface area contributed by atoms with Gasteiger partial charge in [0.1, 0.15) is 4.21 Å². The summed E-state index contributed by atoms with van der Waals surface area (Å²) in [5.41, 5.74) is 1.05. The molecule has 0 unspecified atom stereocenters. The topological polar surface area (TPSA) is 68.1 Å². The molecule has 2 aliphatic rings. The molecule has 1 aliphatic heterocycles. The Balaban J connectivity index is 1.51. The predicted octanol–water partition coefficient (Wildman–Crippen LogP) is 1.85. The van der Waals surface area contributed by atoms with Crippen LogP contribution in [0.2, 0.25) is 0 Å². The first-order valence-electron chi connectivity index (χ1n) is 7.10. The van der Waals surface area contributed by atoms with E-state index in [1.54, 1.807) is 21.8 Å². The van der Waals surface area contributed by atoms with Crippen molar-refractivity contribution < 1.29 is 8.42 Å². The summed E-state index contributed by atoms with van der Waals surface area (Å²) in [5, 5.41) is 10.2. The molecule has 3 heterocycles. The Labute approximate surface area is 127 Å². The molecule has 1 saturated carbocycles. The zero-order chi connectivity index (χ0) is 14.4. The molecule has 0 spiro atoms. The van der Waals surface area contributed by atoms with E-state index >= 15 is 0 Å². The van der Waals surface area contributed by atoms with Crippen molar-refractivity contribution in [3.05, 3.63) is 29.4 Å². The van der Waals surface area contributed by atoms with Gasteiger partial charge in [-0.05, 0) is 30.7 Å². The third-order valence-electron chi connectivity index (χ3n) is 4.11. The minimum atomic E-state index is -3.34. The van der Waals surface area contributed by atoms with Crippen molar-refractivity contribution in [2.45, 2.75) is 35.4 Å². The lowest BCUT2D eigenvalue weighted by Crippen LogP contribution is -2.28. The molecule has 6 nitrogen and oxygen atoms in total.